The van der Waals surface area contributed by atoms with Crippen LogP contribution in [0.4, 0.5) is 11.4 Å². The lowest BCUT2D eigenvalue weighted by Gasteiger charge is -2.19. The number of nitrogens with one attached hydrogen (secondary N) is 2. The normalized spacial score (nSPS) is 12.3. The van der Waals surface area contributed by atoms with Crippen molar-refractivity contribution >= 4 is 28.9 Å². The third kappa shape index (κ3) is 4.35. The molecule has 1 amide bonds. The Bertz CT molecular complexity index is 992. The van der Waals surface area contributed by atoms with Gasteiger partial charge in [-0.05, 0) is 42.0 Å². The molecule has 0 radical (unpaired) electrons. The van der Waals surface area contributed by atoms with Crippen molar-refractivity contribution in [2.24, 2.45) is 0 Å². The van der Waals surface area contributed by atoms with Crippen LogP contribution in [0.5, 0.6) is 11.5 Å². The van der Waals surface area contributed by atoms with Crippen molar-refractivity contribution in [3.63, 3.8) is 0 Å². The van der Waals surface area contributed by atoms with E-state index in [1.54, 1.807) is 30.5 Å². The molecular formula is C21H18ClN3O3. The molecule has 142 valence electrons. The van der Waals surface area contributed by atoms with E-state index in [1.807, 2.05) is 30.3 Å². The summed E-state index contributed by atoms with van der Waals surface area (Å²) in [5.41, 5.74) is 2.88. The summed E-state index contributed by atoms with van der Waals surface area (Å²) in [7, 11) is 0. The fourth-order valence-electron chi connectivity index (χ4n) is 2.80. The van der Waals surface area contributed by atoms with Crippen LogP contribution >= 0.6 is 11.6 Å². The molecule has 0 unspecified atom stereocenters. The Balaban J connectivity index is 1.42. The first-order chi connectivity index (χ1) is 13.7. The third-order valence-corrected chi connectivity index (χ3v) is 4.44. The van der Waals surface area contributed by atoms with Crippen molar-refractivity contribution in [1.29, 1.82) is 0 Å². The maximum absolute atomic E-state index is 12.4. The zero-order valence-electron chi connectivity index (χ0n) is 14.9. The first-order valence-electron chi connectivity index (χ1n) is 8.83. The zero-order valence-corrected chi connectivity index (χ0v) is 15.7. The van der Waals surface area contributed by atoms with E-state index in [4.69, 9.17) is 21.1 Å². The van der Waals surface area contributed by atoms with Gasteiger partial charge in [-0.15, -0.1) is 0 Å². The second-order valence-electron chi connectivity index (χ2n) is 6.22. The molecule has 2 aromatic carbocycles. The van der Waals surface area contributed by atoms with E-state index >= 15 is 0 Å². The molecule has 0 atom stereocenters. The van der Waals surface area contributed by atoms with Crippen LogP contribution in [0.15, 0.2) is 60.8 Å². The van der Waals surface area contributed by atoms with E-state index in [2.05, 4.69) is 15.6 Å². The molecule has 1 aliphatic rings. The Morgan fingerprint density at radius 3 is 2.54 bits per heavy atom. The second-order valence-corrected chi connectivity index (χ2v) is 6.66. The second kappa shape index (κ2) is 8.19. The topological polar surface area (TPSA) is 72.5 Å². The minimum atomic E-state index is -0.249. The summed E-state index contributed by atoms with van der Waals surface area (Å²) in [6.45, 7) is 1.49. The Kier molecular flexibility index (Phi) is 5.30. The average Bonchev–Trinajstić information content (AvgIpc) is 2.73. The highest BCUT2D eigenvalue weighted by Gasteiger charge is 2.12. The van der Waals surface area contributed by atoms with Gasteiger partial charge in [0, 0.05) is 35.2 Å². The molecule has 7 heteroatoms. The van der Waals surface area contributed by atoms with Gasteiger partial charge in [0.05, 0.1) is 0 Å². The standard InChI is InChI=1S/C21H18ClN3O3/c22-15-3-1-14(2-4-15)13-24-21(26)18-11-17(7-8-23-18)25-16-5-6-19-20(12-16)28-10-9-27-19/h1-8,11-12H,9-10,13H2,(H,23,25)(H,24,26). The van der Waals surface area contributed by atoms with Crippen LogP contribution in [0.1, 0.15) is 16.1 Å². The average molecular weight is 396 g/mol. The number of ether oxygens (including phenoxy) is 2. The van der Waals surface area contributed by atoms with Gasteiger partial charge in [0.25, 0.3) is 5.91 Å². The summed E-state index contributed by atoms with van der Waals surface area (Å²) >= 11 is 5.87. The van der Waals surface area contributed by atoms with Crippen LogP contribution in [-0.4, -0.2) is 24.1 Å². The number of hydrogen-bond donors (Lipinski definition) is 2. The Morgan fingerprint density at radius 2 is 1.71 bits per heavy atom. The van der Waals surface area contributed by atoms with Crippen molar-refractivity contribution in [3.05, 3.63) is 77.1 Å². The molecule has 0 saturated heterocycles. The third-order valence-electron chi connectivity index (χ3n) is 4.19. The number of benzene rings is 2. The molecule has 4 rings (SSSR count). The summed E-state index contributed by atoms with van der Waals surface area (Å²) in [5.74, 6) is 1.18. The fraction of sp³-hybridized carbons (Fsp3) is 0.143. The molecule has 1 aliphatic heterocycles. The van der Waals surface area contributed by atoms with E-state index in [0.717, 1.165) is 22.7 Å². The summed E-state index contributed by atoms with van der Waals surface area (Å²) in [4.78, 5) is 16.6. The number of aromatic nitrogens is 1. The van der Waals surface area contributed by atoms with Crippen LogP contribution in [0, 0.1) is 0 Å². The van der Waals surface area contributed by atoms with Gasteiger partial charge in [-0.1, -0.05) is 23.7 Å². The lowest BCUT2D eigenvalue weighted by atomic mass is 10.2. The number of pyridine rings is 1. The molecule has 0 spiro atoms. The van der Waals surface area contributed by atoms with E-state index in [0.29, 0.717) is 36.2 Å². The minimum Gasteiger partial charge on any atom is -0.486 e. The van der Waals surface area contributed by atoms with Crippen LogP contribution in [-0.2, 0) is 6.54 Å². The fourth-order valence-corrected chi connectivity index (χ4v) is 2.92. The predicted molar refractivity (Wildman–Crippen MR) is 108 cm³/mol. The molecule has 0 fully saturated rings. The Morgan fingerprint density at radius 1 is 0.964 bits per heavy atom. The Hall–Kier alpha value is -3.25. The molecule has 0 aliphatic carbocycles. The molecule has 1 aromatic heterocycles. The van der Waals surface area contributed by atoms with E-state index in [1.165, 1.54) is 0 Å². The van der Waals surface area contributed by atoms with Crippen LogP contribution < -0.4 is 20.1 Å². The van der Waals surface area contributed by atoms with E-state index in [9.17, 15) is 4.79 Å². The number of hydrogen-bond acceptors (Lipinski definition) is 5. The minimum absolute atomic E-state index is 0.249. The van der Waals surface area contributed by atoms with Crippen molar-refractivity contribution < 1.29 is 14.3 Å². The summed E-state index contributed by atoms with van der Waals surface area (Å²) in [6, 6.07) is 16.5. The highest BCUT2D eigenvalue weighted by molar-refractivity contribution is 6.30. The van der Waals surface area contributed by atoms with E-state index < -0.39 is 0 Å². The molecular weight excluding hydrogens is 378 g/mol. The SMILES string of the molecule is O=C(NCc1ccc(Cl)cc1)c1cc(Nc2ccc3c(c2)OCCO3)ccn1. The van der Waals surface area contributed by atoms with Crippen molar-refractivity contribution in [2.75, 3.05) is 18.5 Å². The Labute approximate surface area is 167 Å². The van der Waals surface area contributed by atoms with Crippen molar-refractivity contribution in [3.8, 4) is 11.5 Å². The van der Waals surface area contributed by atoms with Gasteiger partial charge in [0.1, 0.15) is 18.9 Å². The highest BCUT2D eigenvalue weighted by Crippen LogP contribution is 2.33. The molecule has 2 N–H and O–H groups in total. The van der Waals surface area contributed by atoms with Gasteiger partial charge >= 0.3 is 0 Å². The van der Waals surface area contributed by atoms with Gasteiger partial charge < -0.3 is 20.1 Å². The quantitative estimate of drug-likeness (QED) is 0.678. The molecule has 0 bridgehead atoms. The number of rotatable bonds is 5. The highest BCUT2D eigenvalue weighted by atomic mass is 35.5. The number of fused-ring (bicyclic) bond motifs is 1. The molecule has 6 nitrogen and oxygen atoms in total. The van der Waals surface area contributed by atoms with Crippen molar-refractivity contribution in [1.82, 2.24) is 10.3 Å². The number of nitrogens with zero attached hydrogens (tertiary/aromatic N) is 1. The van der Waals surface area contributed by atoms with Crippen LogP contribution in [0.2, 0.25) is 5.02 Å². The molecule has 2 heterocycles. The van der Waals surface area contributed by atoms with Crippen LogP contribution in [0.3, 0.4) is 0 Å². The monoisotopic (exact) mass is 395 g/mol. The molecule has 0 saturated carbocycles. The first kappa shape index (κ1) is 18.1. The lowest BCUT2D eigenvalue weighted by Crippen LogP contribution is -2.23. The lowest BCUT2D eigenvalue weighted by molar-refractivity contribution is 0.0946. The molecule has 3 aromatic rings. The van der Waals surface area contributed by atoms with Gasteiger partial charge in [0.15, 0.2) is 11.5 Å². The number of anilines is 2. The van der Waals surface area contributed by atoms with Gasteiger partial charge in [0.2, 0.25) is 0 Å². The first-order valence-corrected chi connectivity index (χ1v) is 9.20. The van der Waals surface area contributed by atoms with Crippen LogP contribution in [0.25, 0.3) is 0 Å². The molecule has 28 heavy (non-hydrogen) atoms. The number of carbonyl (C=O) groups excluding carboxylic acids is 1. The predicted octanol–water partition coefficient (Wildman–Crippen LogP) is 4.18. The van der Waals surface area contributed by atoms with Crippen molar-refractivity contribution in [2.45, 2.75) is 6.54 Å². The largest absolute Gasteiger partial charge is 0.486 e. The number of amides is 1. The number of carbonyl (C=O) groups is 1. The smallest absolute Gasteiger partial charge is 0.270 e. The maximum atomic E-state index is 12.4. The van der Waals surface area contributed by atoms with E-state index in [-0.39, 0.29) is 5.91 Å². The maximum Gasteiger partial charge on any atom is 0.270 e. The van der Waals surface area contributed by atoms with Gasteiger partial charge in [-0.25, -0.2) is 0 Å². The summed E-state index contributed by atoms with van der Waals surface area (Å²) in [6.07, 6.45) is 1.59. The van der Waals surface area contributed by atoms with Gasteiger partial charge in [-0.2, -0.15) is 0 Å². The number of halogens is 1. The zero-order chi connectivity index (χ0) is 19.3. The summed E-state index contributed by atoms with van der Waals surface area (Å²) in [5, 5.41) is 6.78. The van der Waals surface area contributed by atoms with Gasteiger partial charge in [-0.3, -0.25) is 9.78 Å². The summed E-state index contributed by atoms with van der Waals surface area (Å²) < 4.78 is 11.1.